The molecule has 137 valence electrons. The van der Waals surface area contributed by atoms with Gasteiger partial charge in [0.1, 0.15) is 6.04 Å². The number of Topliss-reactive ketones (excluding diaryl/α,β-unsaturated/α-hetero) is 1. The lowest BCUT2D eigenvalue weighted by atomic mass is 9.84. The molecule has 0 atom stereocenters. The van der Waals surface area contributed by atoms with Crippen molar-refractivity contribution in [2.24, 2.45) is 5.41 Å². The number of hydrogen-bond donors (Lipinski definition) is 1. The number of hydrogen-bond acceptors (Lipinski definition) is 5. The van der Waals surface area contributed by atoms with Gasteiger partial charge in [-0.1, -0.05) is 32.9 Å². The molecule has 0 saturated carbocycles. The largest absolute Gasteiger partial charge is 0.396 e. The minimum absolute atomic E-state index is 0.173. The molecule has 0 aliphatic carbocycles. The predicted octanol–water partition coefficient (Wildman–Crippen LogP) is 5.12. The van der Waals surface area contributed by atoms with Crippen LogP contribution in [0.3, 0.4) is 0 Å². The summed E-state index contributed by atoms with van der Waals surface area (Å²) in [6, 6.07) is 9.25. The van der Waals surface area contributed by atoms with Gasteiger partial charge in [-0.15, -0.1) is 22.7 Å². The van der Waals surface area contributed by atoms with Crippen molar-refractivity contribution < 1.29 is 9.90 Å². The number of ketones is 1. The van der Waals surface area contributed by atoms with Gasteiger partial charge in [-0.25, -0.2) is 0 Å². The third-order valence-electron chi connectivity index (χ3n) is 4.00. The number of nitrogens with zero attached hydrogens (tertiary/aromatic N) is 1. The van der Waals surface area contributed by atoms with Crippen molar-refractivity contribution in [2.45, 2.75) is 53.1 Å². The van der Waals surface area contributed by atoms with Crippen LogP contribution in [0.2, 0.25) is 0 Å². The molecule has 1 N–H and O–H groups in total. The van der Waals surface area contributed by atoms with E-state index in [0.717, 1.165) is 32.0 Å². The highest BCUT2D eigenvalue weighted by Gasteiger charge is 2.34. The highest BCUT2D eigenvalue weighted by atomic mass is 32.1. The van der Waals surface area contributed by atoms with Crippen molar-refractivity contribution in [1.82, 2.24) is 4.90 Å². The predicted molar refractivity (Wildman–Crippen MR) is 107 cm³/mol. The maximum Gasteiger partial charge on any atom is 0.160 e. The summed E-state index contributed by atoms with van der Waals surface area (Å²) in [5.74, 6) is 0.207. The molecule has 25 heavy (non-hydrogen) atoms. The summed E-state index contributed by atoms with van der Waals surface area (Å²) >= 11 is 3.45. The molecule has 0 aliphatic heterocycles. The third kappa shape index (κ3) is 6.33. The minimum atomic E-state index is -0.405. The summed E-state index contributed by atoms with van der Waals surface area (Å²) in [6.07, 6.45) is 2.28. The Kier molecular flexibility index (Phi) is 7.81. The van der Waals surface area contributed by atoms with E-state index in [1.54, 1.807) is 22.7 Å². The molecule has 0 spiro atoms. The Balaban J connectivity index is 2.23. The second-order valence-electron chi connectivity index (χ2n) is 7.22. The third-order valence-corrected chi connectivity index (χ3v) is 5.72. The van der Waals surface area contributed by atoms with Crippen LogP contribution in [-0.4, -0.2) is 22.4 Å². The van der Waals surface area contributed by atoms with Crippen LogP contribution >= 0.6 is 22.7 Å². The summed E-state index contributed by atoms with van der Waals surface area (Å²) in [7, 11) is 0. The molecule has 2 aromatic heterocycles. The smallest absolute Gasteiger partial charge is 0.160 e. The van der Waals surface area contributed by atoms with Crippen molar-refractivity contribution in [3.05, 3.63) is 50.8 Å². The van der Waals surface area contributed by atoms with Gasteiger partial charge in [0, 0.05) is 34.9 Å². The molecule has 2 aromatic rings. The van der Waals surface area contributed by atoms with E-state index in [0.29, 0.717) is 6.42 Å². The van der Waals surface area contributed by atoms with Gasteiger partial charge in [-0.2, -0.15) is 0 Å². The number of carbonyl (C=O) groups excluding carboxylic acids is 1. The van der Waals surface area contributed by atoms with Crippen molar-refractivity contribution >= 4 is 28.5 Å². The van der Waals surface area contributed by atoms with Crippen molar-refractivity contribution in [2.75, 3.05) is 6.61 Å². The fourth-order valence-electron chi connectivity index (χ4n) is 2.68. The number of aliphatic hydroxyl groups is 1. The highest BCUT2D eigenvalue weighted by molar-refractivity contribution is 7.10. The fourth-order valence-corrected chi connectivity index (χ4v) is 4.12. The van der Waals surface area contributed by atoms with Crippen molar-refractivity contribution in [1.29, 1.82) is 0 Å². The normalized spacial score (nSPS) is 12.2. The molecule has 0 aromatic carbocycles. The quantitative estimate of drug-likeness (QED) is 0.583. The van der Waals surface area contributed by atoms with E-state index in [1.807, 2.05) is 20.8 Å². The van der Waals surface area contributed by atoms with Gasteiger partial charge in [0.2, 0.25) is 0 Å². The average Bonchev–Trinajstić information content (AvgIpc) is 3.23. The maximum atomic E-state index is 13.1. The minimum Gasteiger partial charge on any atom is -0.396 e. The number of unbranched alkanes of at least 4 members (excludes halogenated alkanes) is 1. The second-order valence-corrected chi connectivity index (χ2v) is 9.29. The molecule has 2 heterocycles. The number of thiophene rings is 2. The summed E-state index contributed by atoms with van der Waals surface area (Å²) < 4.78 is 0. The zero-order chi connectivity index (χ0) is 18.3. The first kappa shape index (κ1) is 20.3. The van der Waals surface area contributed by atoms with E-state index >= 15 is 0 Å². The SMILES string of the molecule is CC(C)(C)C(=O)[C](CCCCO)N(Cc1cccs1)Cc1cccs1. The Morgan fingerprint density at radius 2 is 1.60 bits per heavy atom. The van der Waals surface area contributed by atoms with Crippen LogP contribution in [0.5, 0.6) is 0 Å². The summed E-state index contributed by atoms with van der Waals surface area (Å²) in [5, 5.41) is 13.3. The maximum absolute atomic E-state index is 13.1. The number of carbonyl (C=O) groups is 1. The second kappa shape index (κ2) is 9.62. The molecule has 0 amide bonds. The van der Waals surface area contributed by atoms with Crippen LogP contribution in [0.25, 0.3) is 0 Å². The standard InChI is InChI=1S/C20H28NO2S2/c1-20(2,3)19(23)18(10-4-5-11-22)21(14-16-8-6-12-24-16)15-17-9-7-13-25-17/h6-9,12-13,22H,4-5,10-11,14-15H2,1-3H3. The molecule has 0 bridgehead atoms. The van der Waals surface area contributed by atoms with E-state index in [2.05, 4.69) is 39.9 Å². The van der Waals surface area contributed by atoms with Gasteiger partial charge < -0.3 is 5.11 Å². The molecule has 5 heteroatoms. The van der Waals surface area contributed by atoms with Gasteiger partial charge >= 0.3 is 0 Å². The van der Waals surface area contributed by atoms with E-state index < -0.39 is 5.41 Å². The van der Waals surface area contributed by atoms with Crippen LogP contribution in [0.15, 0.2) is 35.0 Å². The zero-order valence-electron chi connectivity index (χ0n) is 15.3. The molecular formula is C20H28NO2S2. The first-order valence-electron chi connectivity index (χ1n) is 8.73. The van der Waals surface area contributed by atoms with Gasteiger partial charge in [-0.05, 0) is 42.2 Å². The number of rotatable bonds is 10. The van der Waals surface area contributed by atoms with Crippen molar-refractivity contribution in [3.8, 4) is 0 Å². The summed E-state index contributed by atoms with van der Waals surface area (Å²) in [4.78, 5) is 17.9. The lowest BCUT2D eigenvalue weighted by molar-refractivity contribution is -0.127. The van der Waals surface area contributed by atoms with Crippen LogP contribution in [0.4, 0.5) is 0 Å². The van der Waals surface area contributed by atoms with E-state index in [9.17, 15) is 4.79 Å². The van der Waals surface area contributed by atoms with E-state index in [4.69, 9.17) is 5.11 Å². The van der Waals surface area contributed by atoms with Gasteiger partial charge in [0.05, 0.1) is 0 Å². The first-order chi connectivity index (χ1) is 11.9. The lowest BCUT2D eigenvalue weighted by Gasteiger charge is -2.33. The monoisotopic (exact) mass is 378 g/mol. The number of aliphatic hydroxyl groups excluding tert-OH is 1. The summed E-state index contributed by atoms with van der Waals surface area (Å²) in [5.41, 5.74) is -0.405. The Morgan fingerprint density at radius 3 is 2.00 bits per heavy atom. The molecule has 0 aliphatic rings. The molecule has 0 unspecified atom stereocenters. The molecule has 0 saturated heterocycles. The Labute approximate surface area is 159 Å². The fraction of sp³-hybridized carbons (Fsp3) is 0.500. The van der Waals surface area contributed by atoms with Crippen LogP contribution in [0, 0.1) is 11.5 Å². The molecular weight excluding hydrogens is 350 g/mol. The lowest BCUT2D eigenvalue weighted by Crippen LogP contribution is -2.38. The van der Waals surface area contributed by atoms with Crippen molar-refractivity contribution in [3.63, 3.8) is 0 Å². The van der Waals surface area contributed by atoms with Crippen LogP contribution < -0.4 is 0 Å². The van der Waals surface area contributed by atoms with Crippen LogP contribution in [0.1, 0.15) is 49.8 Å². The van der Waals surface area contributed by atoms with E-state index in [1.165, 1.54) is 9.75 Å². The topological polar surface area (TPSA) is 40.5 Å². The Hall–Kier alpha value is -1.01. The first-order valence-corrected chi connectivity index (χ1v) is 10.5. The average molecular weight is 379 g/mol. The molecule has 3 nitrogen and oxygen atoms in total. The Bertz CT molecular complexity index is 578. The molecule has 0 fully saturated rings. The van der Waals surface area contributed by atoms with Gasteiger partial charge in [0.25, 0.3) is 0 Å². The molecule has 2 rings (SSSR count). The summed E-state index contributed by atoms with van der Waals surface area (Å²) in [6.45, 7) is 7.63. The van der Waals surface area contributed by atoms with E-state index in [-0.39, 0.29) is 12.4 Å². The highest BCUT2D eigenvalue weighted by Crippen LogP contribution is 2.31. The zero-order valence-corrected chi connectivity index (χ0v) is 17.0. The molecule has 1 radical (unpaired) electrons. The van der Waals surface area contributed by atoms with Gasteiger partial charge in [-0.3, -0.25) is 9.69 Å². The Morgan fingerprint density at radius 1 is 1.04 bits per heavy atom. The van der Waals surface area contributed by atoms with Gasteiger partial charge in [0.15, 0.2) is 5.78 Å². The van der Waals surface area contributed by atoms with Crippen LogP contribution in [-0.2, 0) is 17.9 Å².